The molecule has 2 aromatic rings. The number of nitrogens with zero attached hydrogens (tertiary/aromatic N) is 1. The summed E-state index contributed by atoms with van der Waals surface area (Å²) in [7, 11) is 1.53. The summed E-state index contributed by atoms with van der Waals surface area (Å²) in [5, 5.41) is 3.46. The predicted molar refractivity (Wildman–Crippen MR) is 109 cm³/mol. The maximum atomic E-state index is 12.9. The number of carbonyl (C=O) groups is 2. The average Bonchev–Trinajstić information content (AvgIpc) is 2.92. The lowest BCUT2D eigenvalue weighted by Crippen LogP contribution is -2.32. The zero-order valence-electron chi connectivity index (χ0n) is 15.9. The molecule has 1 N–H and O–H groups in total. The molecule has 0 saturated heterocycles. The molecule has 0 saturated carbocycles. The van der Waals surface area contributed by atoms with E-state index in [1.54, 1.807) is 49.4 Å². The summed E-state index contributed by atoms with van der Waals surface area (Å²) in [5.74, 6) is 0.520. The van der Waals surface area contributed by atoms with E-state index in [4.69, 9.17) is 21.1 Å². The first kappa shape index (κ1) is 19.8. The van der Waals surface area contributed by atoms with Crippen LogP contribution in [0.15, 0.2) is 48.2 Å². The zero-order valence-corrected chi connectivity index (χ0v) is 16.7. The number of benzene rings is 2. The summed E-state index contributed by atoms with van der Waals surface area (Å²) in [6.07, 6.45) is 0. The SMILES string of the molecule is CCOc1ccc(C2=C(Nc3ccc(OC)c(Cl)c3)C(=O)N(CC)C2=O)cc1. The molecular formula is C21H21ClN2O4. The Morgan fingerprint density at radius 1 is 1.04 bits per heavy atom. The Labute approximate surface area is 168 Å². The van der Waals surface area contributed by atoms with Crippen LogP contribution in [0, 0.1) is 0 Å². The summed E-state index contributed by atoms with van der Waals surface area (Å²) in [4.78, 5) is 26.9. The Bertz CT molecular complexity index is 938. The molecule has 6 nitrogen and oxygen atoms in total. The highest BCUT2D eigenvalue weighted by molar-refractivity contribution is 6.36. The van der Waals surface area contributed by atoms with Crippen molar-refractivity contribution >= 4 is 34.7 Å². The van der Waals surface area contributed by atoms with Gasteiger partial charge in [-0.05, 0) is 49.7 Å². The second kappa shape index (κ2) is 8.35. The van der Waals surface area contributed by atoms with Gasteiger partial charge in [-0.15, -0.1) is 0 Å². The number of carbonyl (C=O) groups excluding carboxylic acids is 2. The van der Waals surface area contributed by atoms with Crippen LogP contribution in [0.4, 0.5) is 5.69 Å². The maximum absolute atomic E-state index is 12.9. The first-order chi connectivity index (χ1) is 13.5. The molecule has 0 fully saturated rings. The highest BCUT2D eigenvalue weighted by Crippen LogP contribution is 2.33. The van der Waals surface area contributed by atoms with Crippen molar-refractivity contribution in [2.45, 2.75) is 13.8 Å². The van der Waals surface area contributed by atoms with Gasteiger partial charge < -0.3 is 14.8 Å². The fraction of sp³-hybridized carbons (Fsp3) is 0.238. The standard InChI is InChI=1S/C21H21ClN2O4/c1-4-24-20(25)18(13-6-9-15(10-7-13)28-5-2)19(21(24)26)23-14-8-11-17(27-3)16(22)12-14/h6-12,23H,4-5H2,1-3H3. The number of ether oxygens (including phenoxy) is 2. The first-order valence-electron chi connectivity index (χ1n) is 8.94. The van der Waals surface area contributed by atoms with Gasteiger partial charge in [-0.1, -0.05) is 23.7 Å². The van der Waals surface area contributed by atoms with Crippen molar-refractivity contribution in [1.82, 2.24) is 4.90 Å². The topological polar surface area (TPSA) is 67.9 Å². The van der Waals surface area contributed by atoms with Crippen molar-refractivity contribution in [3.05, 3.63) is 58.7 Å². The maximum Gasteiger partial charge on any atom is 0.278 e. The number of imide groups is 1. The molecule has 1 aliphatic rings. The number of amides is 2. The molecule has 1 aliphatic heterocycles. The van der Waals surface area contributed by atoms with E-state index in [1.807, 2.05) is 6.92 Å². The normalized spacial score (nSPS) is 13.9. The molecule has 2 amide bonds. The van der Waals surface area contributed by atoms with E-state index in [0.29, 0.717) is 40.0 Å². The molecule has 0 spiro atoms. The Balaban J connectivity index is 2.02. The van der Waals surface area contributed by atoms with Crippen molar-refractivity contribution in [3.63, 3.8) is 0 Å². The molecule has 28 heavy (non-hydrogen) atoms. The highest BCUT2D eigenvalue weighted by Gasteiger charge is 2.38. The Morgan fingerprint density at radius 3 is 2.32 bits per heavy atom. The van der Waals surface area contributed by atoms with E-state index in [2.05, 4.69) is 5.32 Å². The third-order valence-corrected chi connectivity index (χ3v) is 4.65. The minimum atomic E-state index is -0.372. The van der Waals surface area contributed by atoms with Gasteiger partial charge in [0.2, 0.25) is 0 Å². The molecule has 0 radical (unpaired) electrons. The predicted octanol–water partition coefficient (Wildman–Crippen LogP) is 3.96. The van der Waals surface area contributed by atoms with Crippen molar-refractivity contribution in [3.8, 4) is 11.5 Å². The van der Waals surface area contributed by atoms with Crippen LogP contribution in [0.1, 0.15) is 19.4 Å². The molecule has 0 unspecified atom stereocenters. The van der Waals surface area contributed by atoms with Gasteiger partial charge in [-0.25, -0.2) is 0 Å². The van der Waals surface area contributed by atoms with Gasteiger partial charge in [0.1, 0.15) is 17.2 Å². The van der Waals surface area contributed by atoms with Crippen LogP contribution >= 0.6 is 11.6 Å². The second-order valence-electron chi connectivity index (χ2n) is 6.04. The minimum absolute atomic E-state index is 0.220. The molecule has 0 aliphatic carbocycles. The zero-order chi connectivity index (χ0) is 20.3. The summed E-state index contributed by atoms with van der Waals surface area (Å²) in [6, 6.07) is 12.2. The van der Waals surface area contributed by atoms with Crippen LogP contribution in [-0.4, -0.2) is 37.0 Å². The van der Waals surface area contributed by atoms with Crippen LogP contribution in [-0.2, 0) is 9.59 Å². The molecule has 1 heterocycles. The molecule has 0 atom stereocenters. The number of rotatable bonds is 7. The summed E-state index contributed by atoms with van der Waals surface area (Å²) in [5.41, 5.74) is 1.77. The lowest BCUT2D eigenvalue weighted by atomic mass is 10.0. The van der Waals surface area contributed by atoms with Crippen molar-refractivity contribution < 1.29 is 19.1 Å². The van der Waals surface area contributed by atoms with E-state index in [-0.39, 0.29) is 24.1 Å². The van der Waals surface area contributed by atoms with Crippen LogP contribution in [0.25, 0.3) is 5.57 Å². The van der Waals surface area contributed by atoms with Gasteiger partial charge in [0.05, 0.1) is 24.3 Å². The molecule has 7 heteroatoms. The average molecular weight is 401 g/mol. The summed E-state index contributed by atoms with van der Waals surface area (Å²) in [6.45, 7) is 4.50. The van der Waals surface area contributed by atoms with Crippen LogP contribution in [0.5, 0.6) is 11.5 Å². The number of hydrogen-bond acceptors (Lipinski definition) is 5. The number of likely N-dealkylation sites (N-methyl/N-ethyl adjacent to an activating group) is 1. The first-order valence-corrected chi connectivity index (χ1v) is 9.32. The van der Waals surface area contributed by atoms with Crippen LogP contribution in [0.2, 0.25) is 5.02 Å². The second-order valence-corrected chi connectivity index (χ2v) is 6.44. The smallest absolute Gasteiger partial charge is 0.278 e. The third-order valence-electron chi connectivity index (χ3n) is 4.36. The molecule has 0 bridgehead atoms. The molecule has 3 rings (SSSR count). The fourth-order valence-corrected chi connectivity index (χ4v) is 3.28. The van der Waals surface area contributed by atoms with Gasteiger partial charge in [-0.3, -0.25) is 14.5 Å². The lowest BCUT2D eigenvalue weighted by Gasteiger charge is -2.12. The van der Waals surface area contributed by atoms with Crippen molar-refractivity contribution in [2.24, 2.45) is 0 Å². The summed E-state index contributed by atoms with van der Waals surface area (Å²) < 4.78 is 10.6. The minimum Gasteiger partial charge on any atom is -0.495 e. The number of methoxy groups -OCH3 is 1. The van der Waals surface area contributed by atoms with Gasteiger partial charge in [-0.2, -0.15) is 0 Å². The van der Waals surface area contributed by atoms with Gasteiger partial charge in [0.15, 0.2) is 0 Å². The Kier molecular flexibility index (Phi) is 5.90. The van der Waals surface area contributed by atoms with E-state index >= 15 is 0 Å². The lowest BCUT2D eigenvalue weighted by molar-refractivity contribution is -0.136. The number of halogens is 1. The molecule has 2 aromatic carbocycles. The Morgan fingerprint density at radius 2 is 1.75 bits per heavy atom. The van der Waals surface area contributed by atoms with Gasteiger partial charge in [0, 0.05) is 12.2 Å². The van der Waals surface area contributed by atoms with E-state index in [1.165, 1.54) is 12.0 Å². The fourth-order valence-electron chi connectivity index (χ4n) is 3.02. The van der Waals surface area contributed by atoms with Crippen LogP contribution in [0.3, 0.4) is 0 Å². The number of hydrogen-bond donors (Lipinski definition) is 1. The van der Waals surface area contributed by atoms with E-state index in [9.17, 15) is 9.59 Å². The quantitative estimate of drug-likeness (QED) is 0.712. The van der Waals surface area contributed by atoms with Crippen LogP contribution < -0.4 is 14.8 Å². The van der Waals surface area contributed by atoms with E-state index in [0.717, 1.165) is 0 Å². The van der Waals surface area contributed by atoms with E-state index < -0.39 is 0 Å². The monoisotopic (exact) mass is 400 g/mol. The van der Waals surface area contributed by atoms with Gasteiger partial charge in [0.25, 0.3) is 11.8 Å². The Hall–Kier alpha value is -2.99. The molecule has 146 valence electrons. The van der Waals surface area contributed by atoms with Gasteiger partial charge >= 0.3 is 0 Å². The molecular weight excluding hydrogens is 380 g/mol. The summed E-state index contributed by atoms with van der Waals surface area (Å²) >= 11 is 6.18. The van der Waals surface area contributed by atoms with Crippen molar-refractivity contribution in [1.29, 1.82) is 0 Å². The van der Waals surface area contributed by atoms with Crippen molar-refractivity contribution in [2.75, 3.05) is 25.6 Å². The third kappa shape index (κ3) is 3.68. The largest absolute Gasteiger partial charge is 0.495 e. The molecule has 0 aromatic heterocycles. The number of anilines is 1. The highest BCUT2D eigenvalue weighted by atomic mass is 35.5. The number of nitrogens with one attached hydrogen (secondary N) is 1.